The molecule has 3 aromatic rings. The molecule has 1 amide bonds. The van der Waals surface area contributed by atoms with Crippen LogP contribution in [0.15, 0.2) is 60.7 Å². The molecular formula is C21H12F5NO. The fraction of sp³-hybridized carbons (Fsp3) is 0.0952. The number of nitrogens with zero attached hydrogens (tertiary/aromatic N) is 1. The number of rotatable bonds is 2. The number of fused-ring (bicyclic) bond motifs is 3. The van der Waals surface area contributed by atoms with Gasteiger partial charge in [0, 0.05) is 28.9 Å². The van der Waals surface area contributed by atoms with E-state index in [1.165, 1.54) is 42.5 Å². The fourth-order valence-corrected chi connectivity index (χ4v) is 3.45. The van der Waals surface area contributed by atoms with Crippen molar-refractivity contribution in [3.63, 3.8) is 0 Å². The second kappa shape index (κ2) is 6.44. The first kappa shape index (κ1) is 18.2. The molecular weight excluding hydrogens is 377 g/mol. The summed E-state index contributed by atoms with van der Waals surface area (Å²) in [5, 5.41) is 0. The lowest BCUT2D eigenvalue weighted by atomic mass is 10.0. The van der Waals surface area contributed by atoms with E-state index in [-0.39, 0.29) is 28.9 Å². The average molecular weight is 389 g/mol. The van der Waals surface area contributed by atoms with Crippen molar-refractivity contribution in [1.82, 2.24) is 0 Å². The summed E-state index contributed by atoms with van der Waals surface area (Å²) in [6, 6.07) is 13.5. The summed E-state index contributed by atoms with van der Waals surface area (Å²) < 4.78 is 67.8. The Kier molecular flexibility index (Phi) is 4.18. The Morgan fingerprint density at radius 2 is 1.54 bits per heavy atom. The lowest BCUT2D eigenvalue weighted by Crippen LogP contribution is -2.38. The van der Waals surface area contributed by atoms with E-state index in [0.717, 1.165) is 12.1 Å². The van der Waals surface area contributed by atoms with Crippen LogP contribution in [0.1, 0.15) is 11.1 Å². The number of alkyl halides is 3. The zero-order valence-corrected chi connectivity index (χ0v) is 14.2. The van der Waals surface area contributed by atoms with E-state index in [0.29, 0.717) is 16.0 Å². The van der Waals surface area contributed by atoms with Gasteiger partial charge in [0.15, 0.2) is 0 Å². The summed E-state index contributed by atoms with van der Waals surface area (Å²) in [5.74, 6) is -3.24. The minimum Gasteiger partial charge on any atom is -0.273 e. The van der Waals surface area contributed by atoms with Crippen molar-refractivity contribution in [1.29, 1.82) is 0 Å². The van der Waals surface area contributed by atoms with Gasteiger partial charge in [-0.15, -0.1) is 0 Å². The van der Waals surface area contributed by atoms with Crippen LogP contribution >= 0.6 is 0 Å². The topological polar surface area (TPSA) is 20.3 Å². The van der Waals surface area contributed by atoms with Gasteiger partial charge >= 0.3 is 12.1 Å². The van der Waals surface area contributed by atoms with E-state index >= 15 is 0 Å². The van der Waals surface area contributed by atoms with Gasteiger partial charge in [0.2, 0.25) is 0 Å². The summed E-state index contributed by atoms with van der Waals surface area (Å²) >= 11 is 0. The average Bonchev–Trinajstić information content (AvgIpc) is 3.05. The number of benzene rings is 3. The van der Waals surface area contributed by atoms with Crippen LogP contribution in [0.3, 0.4) is 0 Å². The zero-order valence-electron chi connectivity index (χ0n) is 14.2. The maximum Gasteiger partial charge on any atom is 0.472 e. The van der Waals surface area contributed by atoms with Crippen LogP contribution in [0.2, 0.25) is 0 Å². The molecule has 0 fully saturated rings. The van der Waals surface area contributed by atoms with Crippen LogP contribution < -0.4 is 4.90 Å². The molecule has 0 bridgehead atoms. The van der Waals surface area contributed by atoms with Crippen molar-refractivity contribution in [2.75, 3.05) is 4.90 Å². The number of hydrogen-bond donors (Lipinski definition) is 0. The molecule has 0 N–H and O–H groups in total. The van der Waals surface area contributed by atoms with Gasteiger partial charge in [0.05, 0.1) is 0 Å². The van der Waals surface area contributed by atoms with Gasteiger partial charge in [-0.1, -0.05) is 24.3 Å². The van der Waals surface area contributed by atoms with Crippen molar-refractivity contribution < 1.29 is 26.7 Å². The second-order valence-corrected chi connectivity index (χ2v) is 6.37. The third-order valence-corrected chi connectivity index (χ3v) is 4.65. The van der Waals surface area contributed by atoms with Gasteiger partial charge in [-0.05, 0) is 47.5 Å². The molecule has 28 heavy (non-hydrogen) atoms. The van der Waals surface area contributed by atoms with Crippen molar-refractivity contribution in [3.05, 3.63) is 83.4 Å². The first-order chi connectivity index (χ1) is 13.3. The Bertz CT molecular complexity index is 1080. The molecule has 0 saturated carbocycles. The number of para-hydroxylation sites is 1. The second-order valence-electron chi connectivity index (χ2n) is 6.37. The number of carbonyl (C=O) groups is 1. The van der Waals surface area contributed by atoms with Crippen molar-refractivity contribution in [3.8, 4) is 11.1 Å². The van der Waals surface area contributed by atoms with Crippen LogP contribution in [0.4, 0.5) is 33.3 Å². The van der Waals surface area contributed by atoms with E-state index < -0.39 is 23.7 Å². The summed E-state index contributed by atoms with van der Waals surface area (Å²) in [7, 11) is 0. The first-order valence-electron chi connectivity index (χ1n) is 8.34. The summed E-state index contributed by atoms with van der Waals surface area (Å²) in [6.07, 6.45) is -5.05. The molecule has 0 spiro atoms. The number of carbonyl (C=O) groups excluding carboxylic acids is 1. The predicted molar refractivity (Wildman–Crippen MR) is 94.2 cm³/mol. The molecule has 1 aliphatic carbocycles. The van der Waals surface area contributed by atoms with E-state index in [2.05, 4.69) is 0 Å². The van der Waals surface area contributed by atoms with E-state index in [1.807, 2.05) is 0 Å². The monoisotopic (exact) mass is 389 g/mol. The van der Waals surface area contributed by atoms with Gasteiger partial charge < -0.3 is 0 Å². The van der Waals surface area contributed by atoms with Gasteiger partial charge in [-0.3, -0.25) is 9.69 Å². The lowest BCUT2D eigenvalue weighted by molar-refractivity contribution is -0.169. The maximum absolute atomic E-state index is 14.2. The molecule has 2 nitrogen and oxygen atoms in total. The van der Waals surface area contributed by atoms with E-state index in [9.17, 15) is 26.7 Å². The summed E-state index contributed by atoms with van der Waals surface area (Å²) in [5.41, 5.74) is 1.13. The van der Waals surface area contributed by atoms with Crippen LogP contribution in [-0.4, -0.2) is 12.1 Å². The maximum atomic E-state index is 14.2. The summed E-state index contributed by atoms with van der Waals surface area (Å²) in [4.78, 5) is 12.6. The number of anilines is 2. The minimum absolute atomic E-state index is 0.0269. The van der Waals surface area contributed by atoms with Crippen molar-refractivity contribution >= 4 is 17.3 Å². The molecule has 142 valence electrons. The van der Waals surface area contributed by atoms with E-state index in [4.69, 9.17) is 0 Å². The normalized spacial score (nSPS) is 12.5. The fourth-order valence-electron chi connectivity index (χ4n) is 3.45. The standard InChI is InChI=1S/C21H12F5NO/c22-17-8-9-18(23)19-15-7-6-14(10-12(15)11-16(17)19)27(20(28)21(24,25)26)13-4-2-1-3-5-13/h1-10H,11H2. The molecule has 0 saturated heterocycles. The molecule has 0 unspecified atom stereocenters. The molecule has 1 aliphatic rings. The van der Waals surface area contributed by atoms with Crippen molar-refractivity contribution in [2.45, 2.75) is 12.6 Å². The van der Waals surface area contributed by atoms with Gasteiger partial charge in [0.25, 0.3) is 0 Å². The smallest absolute Gasteiger partial charge is 0.273 e. The van der Waals surface area contributed by atoms with Gasteiger partial charge in [-0.25, -0.2) is 8.78 Å². The third-order valence-electron chi connectivity index (χ3n) is 4.65. The largest absolute Gasteiger partial charge is 0.472 e. The number of hydrogen-bond acceptors (Lipinski definition) is 1. The number of halogens is 5. The lowest BCUT2D eigenvalue weighted by Gasteiger charge is -2.24. The molecule has 3 aromatic carbocycles. The highest BCUT2D eigenvalue weighted by molar-refractivity contribution is 6.04. The highest BCUT2D eigenvalue weighted by Crippen LogP contribution is 2.42. The Morgan fingerprint density at radius 3 is 2.21 bits per heavy atom. The van der Waals surface area contributed by atoms with Crippen LogP contribution in [0.5, 0.6) is 0 Å². The van der Waals surface area contributed by atoms with Crippen LogP contribution in [-0.2, 0) is 11.2 Å². The van der Waals surface area contributed by atoms with Crippen molar-refractivity contribution in [2.24, 2.45) is 0 Å². The molecule has 0 aromatic heterocycles. The van der Waals surface area contributed by atoms with Gasteiger partial charge in [-0.2, -0.15) is 13.2 Å². The Labute approximate surface area is 156 Å². The predicted octanol–water partition coefficient (Wildman–Crippen LogP) is 5.76. The number of amides is 1. The SMILES string of the molecule is O=C(N(c1ccccc1)c1ccc2c(c1)Cc1c(F)ccc(F)c1-2)C(F)(F)F. The molecule has 4 rings (SSSR count). The molecule has 0 radical (unpaired) electrons. The van der Waals surface area contributed by atoms with E-state index in [1.54, 1.807) is 6.07 Å². The Morgan fingerprint density at radius 1 is 0.857 bits per heavy atom. The molecule has 0 heterocycles. The van der Waals surface area contributed by atoms with Gasteiger partial charge in [0.1, 0.15) is 11.6 Å². The quantitative estimate of drug-likeness (QED) is 0.399. The Balaban J connectivity index is 1.84. The molecule has 0 atom stereocenters. The molecule has 0 aliphatic heterocycles. The minimum atomic E-state index is -5.09. The van der Waals surface area contributed by atoms with Crippen LogP contribution in [0.25, 0.3) is 11.1 Å². The summed E-state index contributed by atoms with van der Waals surface area (Å²) in [6.45, 7) is 0. The Hall–Kier alpha value is -3.22. The highest BCUT2D eigenvalue weighted by Gasteiger charge is 2.44. The first-order valence-corrected chi connectivity index (χ1v) is 8.34. The van der Waals surface area contributed by atoms with Crippen LogP contribution in [0, 0.1) is 11.6 Å². The third kappa shape index (κ3) is 2.93. The molecule has 7 heteroatoms. The highest BCUT2D eigenvalue weighted by atomic mass is 19.4. The zero-order chi connectivity index (χ0) is 20.1.